The van der Waals surface area contributed by atoms with E-state index in [0.717, 1.165) is 6.04 Å². The molecule has 3 rings (SSSR count). The Hall–Kier alpha value is -0.240. The lowest BCUT2D eigenvalue weighted by Crippen LogP contribution is -2.48. The van der Waals surface area contributed by atoms with Crippen LogP contribution in [0.2, 0.25) is 0 Å². The van der Waals surface area contributed by atoms with Gasteiger partial charge in [-0.2, -0.15) is 0 Å². The van der Waals surface area contributed by atoms with Crippen molar-refractivity contribution in [3.05, 3.63) is 0 Å². The van der Waals surface area contributed by atoms with Gasteiger partial charge in [0.2, 0.25) is 0 Å². The van der Waals surface area contributed by atoms with Crippen molar-refractivity contribution >= 4 is 0 Å². The molecule has 0 saturated carbocycles. The van der Waals surface area contributed by atoms with E-state index in [2.05, 4.69) is 78.6 Å². The summed E-state index contributed by atoms with van der Waals surface area (Å²) in [6.07, 6.45) is 1.33. The lowest BCUT2D eigenvalue weighted by Gasteiger charge is -2.35. The van der Waals surface area contributed by atoms with Gasteiger partial charge in [0.25, 0.3) is 0 Å². The van der Waals surface area contributed by atoms with Gasteiger partial charge in [-0.15, -0.1) is 0 Å². The first-order valence-electron chi connectivity index (χ1n) is 10.4. The zero-order valence-electron chi connectivity index (χ0n) is 18.7. The van der Waals surface area contributed by atoms with E-state index in [4.69, 9.17) is 0 Å². The molecule has 3 aliphatic rings. The Kier molecular flexibility index (Phi) is 17.7. The minimum atomic E-state index is 0. The van der Waals surface area contributed by atoms with Crippen LogP contribution in [0.3, 0.4) is 0 Å². The SMILES string of the molecule is C.C.CC1CN(C)CCN1C.CN1CCCN(C)CC1.CN1CCN(C)CC1. The largest absolute Gasteiger partial charge is 0.305 e. The monoisotopic (exact) mass is 402 g/mol. The third-order valence-electron chi connectivity index (χ3n) is 5.83. The summed E-state index contributed by atoms with van der Waals surface area (Å²) >= 11 is 0. The fraction of sp³-hybridized carbons (Fsp3) is 1.00. The molecule has 3 aliphatic heterocycles. The highest BCUT2D eigenvalue weighted by Crippen LogP contribution is 2.03. The quantitative estimate of drug-likeness (QED) is 0.609. The molecule has 0 N–H and O–H groups in total. The zero-order valence-corrected chi connectivity index (χ0v) is 18.7. The van der Waals surface area contributed by atoms with E-state index in [1.54, 1.807) is 0 Å². The Morgan fingerprint density at radius 2 is 0.786 bits per heavy atom. The van der Waals surface area contributed by atoms with Crippen molar-refractivity contribution < 1.29 is 0 Å². The maximum absolute atomic E-state index is 2.40. The van der Waals surface area contributed by atoms with Gasteiger partial charge in [0, 0.05) is 64.9 Å². The molecule has 172 valence electrons. The first-order valence-corrected chi connectivity index (χ1v) is 10.4. The number of likely N-dealkylation sites (N-methyl/N-ethyl adjacent to an activating group) is 6. The molecule has 0 aliphatic carbocycles. The molecule has 0 aromatic carbocycles. The van der Waals surface area contributed by atoms with E-state index in [-0.39, 0.29) is 14.9 Å². The average molecular weight is 403 g/mol. The fourth-order valence-corrected chi connectivity index (χ4v) is 3.31. The molecule has 0 amide bonds. The summed E-state index contributed by atoms with van der Waals surface area (Å²) in [6.45, 7) is 15.9. The molecule has 0 spiro atoms. The number of piperazine rings is 2. The van der Waals surface area contributed by atoms with Crippen LogP contribution in [0.25, 0.3) is 0 Å². The molecule has 3 saturated heterocycles. The molecule has 28 heavy (non-hydrogen) atoms. The van der Waals surface area contributed by atoms with Crippen molar-refractivity contribution in [2.24, 2.45) is 0 Å². The molecule has 0 radical (unpaired) electrons. The number of rotatable bonds is 0. The number of hydrogen-bond donors (Lipinski definition) is 0. The van der Waals surface area contributed by atoms with E-state index < -0.39 is 0 Å². The second-order valence-corrected chi connectivity index (χ2v) is 8.66. The topological polar surface area (TPSA) is 19.4 Å². The average Bonchev–Trinajstić information content (AvgIpc) is 2.79. The molecule has 3 heterocycles. The Bertz CT molecular complexity index is 323. The third kappa shape index (κ3) is 13.9. The lowest BCUT2D eigenvalue weighted by atomic mass is 10.2. The second-order valence-electron chi connectivity index (χ2n) is 8.66. The fourth-order valence-electron chi connectivity index (χ4n) is 3.31. The van der Waals surface area contributed by atoms with Gasteiger partial charge in [0.1, 0.15) is 0 Å². The van der Waals surface area contributed by atoms with E-state index in [9.17, 15) is 0 Å². The molecule has 3 fully saturated rings. The van der Waals surface area contributed by atoms with Crippen LogP contribution < -0.4 is 0 Å². The molecular formula is C22H54N6. The van der Waals surface area contributed by atoms with E-state index in [1.165, 1.54) is 78.4 Å². The van der Waals surface area contributed by atoms with E-state index >= 15 is 0 Å². The third-order valence-corrected chi connectivity index (χ3v) is 5.83. The number of nitrogens with zero attached hydrogens (tertiary/aromatic N) is 6. The highest BCUT2D eigenvalue weighted by molar-refractivity contribution is 4.73. The summed E-state index contributed by atoms with van der Waals surface area (Å²) in [7, 11) is 13.1. The summed E-state index contributed by atoms with van der Waals surface area (Å²) in [5, 5.41) is 0. The van der Waals surface area contributed by atoms with Gasteiger partial charge in [-0.1, -0.05) is 14.9 Å². The zero-order chi connectivity index (χ0) is 19.5. The van der Waals surface area contributed by atoms with Crippen molar-refractivity contribution in [1.82, 2.24) is 29.4 Å². The number of hydrogen-bond acceptors (Lipinski definition) is 6. The van der Waals surface area contributed by atoms with Gasteiger partial charge in [-0.25, -0.2) is 0 Å². The standard InChI is InChI=1S/2C7H16N2.C6H14N2.2CH4/c1-7-6-8(2)4-5-9(7)3;1-8-4-3-5-9(2)7-6-8;1-7-3-5-8(2)6-4-7;;/h7H,4-6H2,1-3H3;3-7H2,1-2H3;3-6H2,1-2H3;2*1H4. The van der Waals surface area contributed by atoms with Crippen LogP contribution in [-0.4, -0.2) is 150 Å². The Labute approximate surface area is 178 Å². The Balaban J connectivity index is 0. The van der Waals surface area contributed by atoms with Crippen molar-refractivity contribution in [2.75, 3.05) is 114 Å². The van der Waals surface area contributed by atoms with Gasteiger partial charge >= 0.3 is 0 Å². The Morgan fingerprint density at radius 3 is 1.11 bits per heavy atom. The van der Waals surface area contributed by atoms with Gasteiger partial charge in [0.05, 0.1) is 0 Å². The molecule has 0 aromatic heterocycles. The van der Waals surface area contributed by atoms with Gasteiger partial charge in [0.15, 0.2) is 0 Å². The predicted molar refractivity (Wildman–Crippen MR) is 128 cm³/mol. The Morgan fingerprint density at radius 1 is 0.464 bits per heavy atom. The van der Waals surface area contributed by atoms with Gasteiger partial charge in [-0.05, 0) is 68.7 Å². The molecular weight excluding hydrogens is 348 g/mol. The molecule has 6 heteroatoms. The van der Waals surface area contributed by atoms with Crippen molar-refractivity contribution in [3.63, 3.8) is 0 Å². The van der Waals surface area contributed by atoms with Crippen LogP contribution in [0.5, 0.6) is 0 Å². The molecule has 6 nitrogen and oxygen atoms in total. The lowest BCUT2D eigenvalue weighted by molar-refractivity contribution is 0.125. The van der Waals surface area contributed by atoms with Crippen LogP contribution in [0.4, 0.5) is 0 Å². The normalized spacial score (nSPS) is 26.5. The minimum absolute atomic E-state index is 0. The molecule has 1 unspecified atom stereocenters. The first kappa shape index (κ1) is 30.0. The predicted octanol–water partition coefficient (Wildman–Crippen LogP) is 1.64. The molecule has 0 bridgehead atoms. The summed E-state index contributed by atoms with van der Waals surface area (Å²) in [5.74, 6) is 0. The highest BCUT2D eigenvalue weighted by atomic mass is 15.3. The van der Waals surface area contributed by atoms with Crippen molar-refractivity contribution in [3.8, 4) is 0 Å². The van der Waals surface area contributed by atoms with Crippen LogP contribution >= 0.6 is 0 Å². The van der Waals surface area contributed by atoms with Crippen molar-refractivity contribution in [2.45, 2.75) is 34.2 Å². The maximum atomic E-state index is 2.40. The van der Waals surface area contributed by atoms with Crippen LogP contribution in [0.15, 0.2) is 0 Å². The van der Waals surface area contributed by atoms with Gasteiger partial charge < -0.3 is 29.4 Å². The van der Waals surface area contributed by atoms with Gasteiger partial charge in [-0.3, -0.25) is 0 Å². The highest BCUT2D eigenvalue weighted by Gasteiger charge is 2.16. The first-order chi connectivity index (χ1) is 12.3. The summed E-state index contributed by atoms with van der Waals surface area (Å²) in [4.78, 5) is 14.3. The summed E-state index contributed by atoms with van der Waals surface area (Å²) < 4.78 is 0. The molecule has 0 aromatic rings. The summed E-state index contributed by atoms with van der Waals surface area (Å²) in [5.41, 5.74) is 0. The smallest absolute Gasteiger partial charge is 0.0192 e. The maximum Gasteiger partial charge on any atom is 0.0192 e. The van der Waals surface area contributed by atoms with Crippen molar-refractivity contribution in [1.29, 1.82) is 0 Å². The second kappa shape index (κ2) is 16.5. The van der Waals surface area contributed by atoms with E-state index in [0.29, 0.717) is 0 Å². The van der Waals surface area contributed by atoms with E-state index in [1.807, 2.05) is 0 Å². The van der Waals surface area contributed by atoms with Crippen LogP contribution in [-0.2, 0) is 0 Å². The minimum Gasteiger partial charge on any atom is -0.305 e. The molecule has 1 atom stereocenters. The van der Waals surface area contributed by atoms with Crippen LogP contribution in [0.1, 0.15) is 28.2 Å². The summed E-state index contributed by atoms with van der Waals surface area (Å²) in [6, 6.07) is 0.740. The van der Waals surface area contributed by atoms with Crippen LogP contribution in [0, 0.1) is 0 Å².